The number of sulfonamides is 1. The van der Waals surface area contributed by atoms with Crippen molar-refractivity contribution in [1.29, 1.82) is 0 Å². The number of nitrogens with zero attached hydrogens (tertiary/aromatic N) is 1. The zero-order chi connectivity index (χ0) is 15.8. The molecule has 0 amide bonds. The van der Waals surface area contributed by atoms with Crippen LogP contribution in [0.2, 0.25) is 0 Å². The Balaban J connectivity index is 0.00000242. The molecular weight excluding hydrogens is 341 g/mol. The van der Waals surface area contributed by atoms with Crippen molar-refractivity contribution in [2.75, 3.05) is 13.1 Å². The zero-order valence-electron chi connectivity index (χ0n) is 11.9. The summed E-state index contributed by atoms with van der Waals surface area (Å²) in [5, 5.41) is 0. The van der Waals surface area contributed by atoms with Crippen molar-refractivity contribution in [3.05, 3.63) is 29.8 Å². The van der Waals surface area contributed by atoms with Crippen LogP contribution in [0.15, 0.2) is 29.2 Å². The van der Waals surface area contributed by atoms with Crippen LogP contribution in [-0.2, 0) is 16.2 Å². The molecule has 0 radical (unpaired) electrons. The molecule has 2 N–H and O–H groups in total. The van der Waals surface area contributed by atoms with Crippen molar-refractivity contribution >= 4 is 22.4 Å². The van der Waals surface area contributed by atoms with E-state index in [0.29, 0.717) is 19.5 Å². The molecule has 2 unspecified atom stereocenters. The molecule has 126 valence electrons. The van der Waals surface area contributed by atoms with E-state index in [1.807, 2.05) is 0 Å². The Hall–Kier alpha value is -0.830. The lowest BCUT2D eigenvalue weighted by Crippen LogP contribution is -2.34. The number of hydrogen-bond acceptors (Lipinski definition) is 3. The molecular formula is C13H18ClF3N2O2S. The fourth-order valence-corrected chi connectivity index (χ4v) is 4.28. The largest absolute Gasteiger partial charge is 0.416 e. The van der Waals surface area contributed by atoms with Crippen molar-refractivity contribution < 1.29 is 21.6 Å². The molecule has 1 heterocycles. The van der Waals surface area contributed by atoms with E-state index in [0.717, 1.165) is 24.3 Å². The quantitative estimate of drug-likeness (QED) is 0.902. The van der Waals surface area contributed by atoms with Gasteiger partial charge in [-0.25, -0.2) is 8.42 Å². The van der Waals surface area contributed by atoms with E-state index in [1.54, 1.807) is 6.92 Å². The lowest BCUT2D eigenvalue weighted by molar-refractivity contribution is -0.137. The smallest absolute Gasteiger partial charge is 0.330 e. The maximum atomic E-state index is 12.5. The van der Waals surface area contributed by atoms with Gasteiger partial charge in [-0.3, -0.25) is 0 Å². The number of hydrogen-bond donors (Lipinski definition) is 1. The maximum absolute atomic E-state index is 12.5. The van der Waals surface area contributed by atoms with Gasteiger partial charge in [-0.15, -0.1) is 12.4 Å². The van der Waals surface area contributed by atoms with E-state index in [4.69, 9.17) is 5.73 Å². The van der Waals surface area contributed by atoms with Crippen molar-refractivity contribution in [3.8, 4) is 0 Å². The van der Waals surface area contributed by atoms with Crippen LogP contribution < -0.4 is 5.73 Å². The van der Waals surface area contributed by atoms with Crippen LogP contribution >= 0.6 is 12.4 Å². The van der Waals surface area contributed by atoms with Crippen molar-refractivity contribution in [2.24, 2.45) is 11.7 Å². The summed E-state index contributed by atoms with van der Waals surface area (Å²) in [5.74, 6) is 0.0872. The second-order valence-electron chi connectivity index (χ2n) is 5.28. The van der Waals surface area contributed by atoms with Crippen LogP contribution in [0.1, 0.15) is 18.9 Å². The molecule has 1 aliphatic rings. The Morgan fingerprint density at radius 1 is 1.27 bits per heavy atom. The van der Waals surface area contributed by atoms with Crippen molar-refractivity contribution in [2.45, 2.75) is 30.5 Å². The number of halogens is 4. The van der Waals surface area contributed by atoms with E-state index >= 15 is 0 Å². The molecule has 1 aromatic carbocycles. The zero-order valence-corrected chi connectivity index (χ0v) is 13.5. The summed E-state index contributed by atoms with van der Waals surface area (Å²) >= 11 is 0. The van der Waals surface area contributed by atoms with Gasteiger partial charge >= 0.3 is 6.18 Å². The maximum Gasteiger partial charge on any atom is 0.416 e. The molecule has 0 spiro atoms. The minimum Gasteiger partial charge on any atom is -0.330 e. The monoisotopic (exact) mass is 358 g/mol. The summed E-state index contributed by atoms with van der Waals surface area (Å²) in [5.41, 5.74) is 4.70. The highest BCUT2D eigenvalue weighted by atomic mass is 35.5. The minimum absolute atomic E-state index is 0. The standard InChI is InChI=1S/C13H17F3N2O2S.ClH/c1-9-6-10(7-17)8-18(9)21(19,20)12-4-2-11(3-5-12)13(14,15)16;/h2-5,9-10H,6-8,17H2,1H3;1H. The third kappa shape index (κ3) is 3.73. The molecule has 1 aliphatic heterocycles. The highest BCUT2D eigenvalue weighted by Crippen LogP contribution is 2.32. The first-order valence-corrected chi connectivity index (χ1v) is 7.99. The van der Waals surface area contributed by atoms with Crippen LogP contribution in [0.3, 0.4) is 0 Å². The Kier molecular flexibility index (Phi) is 5.88. The van der Waals surface area contributed by atoms with E-state index in [9.17, 15) is 21.6 Å². The molecule has 1 aromatic rings. The second-order valence-corrected chi connectivity index (χ2v) is 7.17. The fraction of sp³-hybridized carbons (Fsp3) is 0.538. The third-order valence-corrected chi connectivity index (χ3v) is 5.72. The van der Waals surface area contributed by atoms with Crippen LogP contribution in [-0.4, -0.2) is 31.9 Å². The van der Waals surface area contributed by atoms with Gasteiger partial charge in [0.25, 0.3) is 0 Å². The van der Waals surface area contributed by atoms with Crippen molar-refractivity contribution in [3.63, 3.8) is 0 Å². The van der Waals surface area contributed by atoms with Gasteiger partial charge in [0.05, 0.1) is 10.5 Å². The molecule has 9 heteroatoms. The SMILES string of the molecule is CC1CC(CN)CN1S(=O)(=O)c1ccc(C(F)(F)F)cc1.Cl. The van der Waals surface area contributed by atoms with Gasteiger partial charge in [-0.05, 0) is 50.1 Å². The normalized spacial score (nSPS) is 23.3. The number of rotatable bonds is 3. The topological polar surface area (TPSA) is 63.4 Å². The first-order chi connectivity index (χ1) is 9.66. The average Bonchev–Trinajstić information content (AvgIpc) is 2.80. The predicted octanol–water partition coefficient (Wildman–Crippen LogP) is 2.49. The predicted molar refractivity (Wildman–Crippen MR) is 79.2 cm³/mol. The second kappa shape index (κ2) is 6.74. The summed E-state index contributed by atoms with van der Waals surface area (Å²) in [4.78, 5) is -0.125. The molecule has 1 saturated heterocycles. The number of benzene rings is 1. The molecule has 4 nitrogen and oxygen atoms in total. The first-order valence-electron chi connectivity index (χ1n) is 6.55. The Labute approximate surface area is 133 Å². The average molecular weight is 359 g/mol. The molecule has 0 aromatic heterocycles. The molecule has 22 heavy (non-hydrogen) atoms. The number of alkyl halides is 3. The summed E-state index contributed by atoms with van der Waals surface area (Å²) < 4.78 is 63.8. The Bertz CT molecular complexity index is 605. The summed E-state index contributed by atoms with van der Waals surface area (Å²) in [7, 11) is -3.78. The van der Waals surface area contributed by atoms with Gasteiger partial charge in [0, 0.05) is 12.6 Å². The highest BCUT2D eigenvalue weighted by molar-refractivity contribution is 7.89. The Morgan fingerprint density at radius 2 is 1.82 bits per heavy atom. The van der Waals surface area contributed by atoms with E-state index < -0.39 is 21.8 Å². The third-order valence-electron chi connectivity index (χ3n) is 3.73. The molecule has 1 fully saturated rings. The van der Waals surface area contributed by atoms with Gasteiger partial charge in [0.2, 0.25) is 10.0 Å². The van der Waals surface area contributed by atoms with Crippen LogP contribution in [0.4, 0.5) is 13.2 Å². The van der Waals surface area contributed by atoms with Gasteiger partial charge in [-0.1, -0.05) is 0 Å². The molecule has 0 bridgehead atoms. The molecule has 2 rings (SSSR count). The van der Waals surface area contributed by atoms with Gasteiger partial charge in [-0.2, -0.15) is 17.5 Å². The van der Waals surface area contributed by atoms with Crippen LogP contribution in [0.25, 0.3) is 0 Å². The van der Waals surface area contributed by atoms with Crippen LogP contribution in [0, 0.1) is 5.92 Å². The van der Waals surface area contributed by atoms with Crippen molar-refractivity contribution in [1.82, 2.24) is 4.31 Å². The highest BCUT2D eigenvalue weighted by Gasteiger charge is 2.38. The van der Waals surface area contributed by atoms with Gasteiger partial charge < -0.3 is 5.73 Å². The first kappa shape index (κ1) is 19.2. The number of nitrogens with two attached hydrogens (primary N) is 1. The van der Waals surface area contributed by atoms with Gasteiger partial charge in [0.15, 0.2) is 0 Å². The van der Waals surface area contributed by atoms with E-state index in [-0.39, 0.29) is 29.3 Å². The van der Waals surface area contributed by atoms with Crippen LogP contribution in [0.5, 0.6) is 0 Å². The summed E-state index contributed by atoms with van der Waals surface area (Å²) in [6, 6.07) is 3.37. The fourth-order valence-electron chi connectivity index (χ4n) is 2.57. The lowest BCUT2D eigenvalue weighted by atomic mass is 10.1. The summed E-state index contributed by atoms with van der Waals surface area (Å²) in [6.45, 7) is 2.47. The summed E-state index contributed by atoms with van der Waals surface area (Å²) in [6.07, 6.45) is -3.82. The Morgan fingerprint density at radius 3 is 2.23 bits per heavy atom. The molecule has 0 saturated carbocycles. The van der Waals surface area contributed by atoms with E-state index in [1.165, 1.54) is 4.31 Å². The van der Waals surface area contributed by atoms with Gasteiger partial charge in [0.1, 0.15) is 0 Å². The molecule has 2 atom stereocenters. The van der Waals surface area contributed by atoms with E-state index in [2.05, 4.69) is 0 Å². The molecule has 0 aliphatic carbocycles. The lowest BCUT2D eigenvalue weighted by Gasteiger charge is -2.21. The minimum atomic E-state index is -4.48.